The smallest absolute Gasteiger partial charge is 0.125 e. The SMILES string of the molecule is COc1c(C)c(C)c(Br)c(C)c1C(C)CO. The normalized spacial score (nSPS) is 12.7. The Hall–Kier alpha value is -0.540. The van der Waals surface area contributed by atoms with E-state index in [1.165, 1.54) is 5.56 Å². The summed E-state index contributed by atoms with van der Waals surface area (Å²) in [5.41, 5.74) is 4.58. The van der Waals surface area contributed by atoms with E-state index in [0.29, 0.717) is 0 Å². The number of aliphatic hydroxyl groups is 1. The van der Waals surface area contributed by atoms with E-state index in [0.717, 1.165) is 26.9 Å². The van der Waals surface area contributed by atoms with Gasteiger partial charge in [-0.05, 0) is 37.5 Å². The Balaban J connectivity index is 3.57. The molecule has 16 heavy (non-hydrogen) atoms. The van der Waals surface area contributed by atoms with E-state index < -0.39 is 0 Å². The summed E-state index contributed by atoms with van der Waals surface area (Å²) in [7, 11) is 1.68. The van der Waals surface area contributed by atoms with Gasteiger partial charge in [-0.15, -0.1) is 0 Å². The molecular formula is C13H19BrO2. The lowest BCUT2D eigenvalue weighted by atomic mass is 9.91. The van der Waals surface area contributed by atoms with E-state index in [2.05, 4.69) is 29.8 Å². The average Bonchev–Trinajstić information content (AvgIpc) is 2.29. The summed E-state index contributed by atoms with van der Waals surface area (Å²) in [6.45, 7) is 8.31. The minimum Gasteiger partial charge on any atom is -0.496 e. The number of rotatable bonds is 3. The van der Waals surface area contributed by atoms with Crippen LogP contribution in [0.2, 0.25) is 0 Å². The zero-order valence-corrected chi connectivity index (χ0v) is 12.1. The summed E-state index contributed by atoms with van der Waals surface area (Å²) in [6.07, 6.45) is 0. The first-order valence-corrected chi connectivity index (χ1v) is 6.18. The largest absolute Gasteiger partial charge is 0.496 e. The summed E-state index contributed by atoms with van der Waals surface area (Å²) in [6, 6.07) is 0. The molecule has 0 saturated carbocycles. The molecule has 0 radical (unpaired) electrons. The molecule has 0 heterocycles. The number of benzene rings is 1. The van der Waals surface area contributed by atoms with Crippen LogP contribution in [0.25, 0.3) is 0 Å². The Labute approximate surface area is 106 Å². The van der Waals surface area contributed by atoms with E-state index in [4.69, 9.17) is 4.74 Å². The molecule has 3 heteroatoms. The number of hydrogen-bond donors (Lipinski definition) is 1. The van der Waals surface area contributed by atoms with Crippen molar-refractivity contribution < 1.29 is 9.84 Å². The number of aliphatic hydroxyl groups excluding tert-OH is 1. The summed E-state index contributed by atoms with van der Waals surface area (Å²) >= 11 is 3.60. The van der Waals surface area contributed by atoms with Crippen molar-refractivity contribution in [1.29, 1.82) is 0 Å². The second-order valence-electron chi connectivity index (χ2n) is 4.22. The first-order valence-electron chi connectivity index (χ1n) is 5.39. The fraction of sp³-hybridized carbons (Fsp3) is 0.538. The Kier molecular flexibility index (Phi) is 4.39. The van der Waals surface area contributed by atoms with Crippen LogP contribution in [-0.4, -0.2) is 18.8 Å². The molecule has 0 amide bonds. The molecule has 0 fully saturated rings. The summed E-state index contributed by atoms with van der Waals surface area (Å²) in [5.74, 6) is 0.991. The first kappa shape index (κ1) is 13.5. The molecule has 1 atom stereocenters. The van der Waals surface area contributed by atoms with Crippen LogP contribution in [0.15, 0.2) is 4.47 Å². The first-order chi connectivity index (χ1) is 7.45. The minimum absolute atomic E-state index is 0.0885. The van der Waals surface area contributed by atoms with Gasteiger partial charge in [0.25, 0.3) is 0 Å². The molecule has 1 aromatic rings. The highest BCUT2D eigenvalue weighted by molar-refractivity contribution is 9.10. The molecule has 1 rings (SSSR count). The topological polar surface area (TPSA) is 29.5 Å². The van der Waals surface area contributed by atoms with Crippen molar-refractivity contribution in [2.75, 3.05) is 13.7 Å². The van der Waals surface area contributed by atoms with Gasteiger partial charge >= 0.3 is 0 Å². The van der Waals surface area contributed by atoms with Gasteiger partial charge < -0.3 is 9.84 Å². The maximum absolute atomic E-state index is 9.31. The van der Waals surface area contributed by atoms with Crippen molar-refractivity contribution in [2.24, 2.45) is 0 Å². The highest BCUT2D eigenvalue weighted by atomic mass is 79.9. The molecule has 0 aliphatic rings. The lowest BCUT2D eigenvalue weighted by molar-refractivity contribution is 0.269. The third kappa shape index (κ3) is 2.11. The predicted octanol–water partition coefficient (Wildman–Crippen LogP) is 3.48. The van der Waals surface area contributed by atoms with Crippen molar-refractivity contribution in [1.82, 2.24) is 0 Å². The van der Waals surface area contributed by atoms with Crippen molar-refractivity contribution in [2.45, 2.75) is 33.6 Å². The zero-order chi connectivity index (χ0) is 12.5. The van der Waals surface area contributed by atoms with Crippen LogP contribution in [0.3, 0.4) is 0 Å². The molecule has 0 spiro atoms. The van der Waals surface area contributed by atoms with Gasteiger partial charge in [0.1, 0.15) is 5.75 Å². The predicted molar refractivity (Wildman–Crippen MR) is 70.4 cm³/mol. The van der Waals surface area contributed by atoms with E-state index >= 15 is 0 Å². The number of hydrogen-bond acceptors (Lipinski definition) is 2. The molecule has 0 bridgehead atoms. The zero-order valence-electron chi connectivity index (χ0n) is 10.5. The highest BCUT2D eigenvalue weighted by Crippen LogP contribution is 2.39. The molecule has 0 aliphatic heterocycles. The highest BCUT2D eigenvalue weighted by Gasteiger charge is 2.20. The second-order valence-corrected chi connectivity index (χ2v) is 5.01. The Morgan fingerprint density at radius 3 is 2.19 bits per heavy atom. The number of methoxy groups -OCH3 is 1. The molecule has 0 saturated heterocycles. The third-order valence-electron chi connectivity index (χ3n) is 3.18. The van der Waals surface area contributed by atoms with Crippen LogP contribution in [0.4, 0.5) is 0 Å². The van der Waals surface area contributed by atoms with Crippen LogP contribution in [-0.2, 0) is 0 Å². The van der Waals surface area contributed by atoms with Crippen molar-refractivity contribution in [3.63, 3.8) is 0 Å². The van der Waals surface area contributed by atoms with Crippen molar-refractivity contribution in [3.05, 3.63) is 26.7 Å². The van der Waals surface area contributed by atoms with Crippen LogP contribution in [0.5, 0.6) is 5.75 Å². The van der Waals surface area contributed by atoms with Crippen LogP contribution < -0.4 is 4.74 Å². The monoisotopic (exact) mass is 286 g/mol. The Bertz CT molecular complexity index is 400. The van der Waals surface area contributed by atoms with Gasteiger partial charge in [0.15, 0.2) is 0 Å². The van der Waals surface area contributed by atoms with E-state index in [-0.39, 0.29) is 12.5 Å². The second kappa shape index (κ2) is 5.19. The third-order valence-corrected chi connectivity index (χ3v) is 4.37. The fourth-order valence-corrected chi connectivity index (χ4v) is 2.57. The standard InChI is InChI=1S/C13H19BrO2/c1-7(6-15)11-10(4)12(14)8(2)9(3)13(11)16-5/h7,15H,6H2,1-5H3. The fourth-order valence-electron chi connectivity index (χ4n) is 2.05. The van der Waals surface area contributed by atoms with Gasteiger partial charge in [0.2, 0.25) is 0 Å². The Morgan fingerprint density at radius 2 is 1.75 bits per heavy atom. The van der Waals surface area contributed by atoms with Gasteiger partial charge in [-0.2, -0.15) is 0 Å². The molecular weight excluding hydrogens is 268 g/mol. The van der Waals surface area contributed by atoms with Gasteiger partial charge in [0, 0.05) is 22.6 Å². The molecule has 0 aromatic heterocycles. The van der Waals surface area contributed by atoms with Crippen molar-refractivity contribution >= 4 is 15.9 Å². The van der Waals surface area contributed by atoms with Gasteiger partial charge in [-0.25, -0.2) is 0 Å². The lowest BCUT2D eigenvalue weighted by Crippen LogP contribution is -2.07. The summed E-state index contributed by atoms with van der Waals surface area (Å²) < 4.78 is 6.60. The quantitative estimate of drug-likeness (QED) is 0.922. The van der Waals surface area contributed by atoms with Crippen molar-refractivity contribution in [3.8, 4) is 5.75 Å². The number of ether oxygens (including phenoxy) is 1. The van der Waals surface area contributed by atoms with Gasteiger partial charge in [-0.1, -0.05) is 22.9 Å². The molecule has 1 unspecified atom stereocenters. The Morgan fingerprint density at radius 1 is 1.19 bits per heavy atom. The molecule has 1 aromatic carbocycles. The van der Waals surface area contributed by atoms with Crippen LogP contribution in [0, 0.1) is 20.8 Å². The maximum Gasteiger partial charge on any atom is 0.125 e. The van der Waals surface area contributed by atoms with E-state index in [1.807, 2.05) is 13.8 Å². The van der Waals surface area contributed by atoms with Crippen LogP contribution in [0.1, 0.15) is 35.1 Å². The lowest BCUT2D eigenvalue weighted by Gasteiger charge is -2.22. The molecule has 90 valence electrons. The average molecular weight is 287 g/mol. The molecule has 1 N–H and O–H groups in total. The van der Waals surface area contributed by atoms with Gasteiger partial charge in [-0.3, -0.25) is 0 Å². The minimum atomic E-state index is 0.0885. The summed E-state index contributed by atoms with van der Waals surface area (Å²) in [4.78, 5) is 0. The van der Waals surface area contributed by atoms with E-state index in [9.17, 15) is 5.11 Å². The molecule has 0 aliphatic carbocycles. The van der Waals surface area contributed by atoms with E-state index in [1.54, 1.807) is 7.11 Å². The van der Waals surface area contributed by atoms with Crippen LogP contribution >= 0.6 is 15.9 Å². The molecule has 2 nitrogen and oxygen atoms in total. The maximum atomic E-state index is 9.31. The summed E-state index contributed by atoms with van der Waals surface area (Å²) in [5, 5.41) is 9.31. The number of halogens is 1. The van der Waals surface area contributed by atoms with Gasteiger partial charge in [0.05, 0.1) is 7.11 Å².